The molecule has 0 aromatic heterocycles. The van der Waals surface area contributed by atoms with Crippen LogP contribution in [0, 0.1) is 6.92 Å². The van der Waals surface area contributed by atoms with Crippen LogP contribution in [0.1, 0.15) is 18.1 Å². The molecule has 0 spiro atoms. The standard InChI is InChI=1S/C20H22BrN3O4S/c1-3-14-5-7-15(8-6-14)27-11-18(25)22-20(29)24-23-19(26)12-28-17-9-4-13(2)10-16(17)21/h4-10H,3,11-12H2,1-2H3,(H,23,26)(H2,22,24,25,29). The summed E-state index contributed by atoms with van der Waals surface area (Å²) >= 11 is 8.34. The van der Waals surface area contributed by atoms with E-state index in [-0.39, 0.29) is 18.3 Å². The maximum Gasteiger partial charge on any atom is 0.276 e. The maximum atomic E-state index is 11.9. The van der Waals surface area contributed by atoms with E-state index in [1.165, 1.54) is 5.56 Å². The van der Waals surface area contributed by atoms with Gasteiger partial charge in [-0.25, -0.2) is 0 Å². The third-order valence-corrected chi connectivity index (χ3v) is 4.54. The Hall–Kier alpha value is -2.65. The quantitative estimate of drug-likeness (QED) is 0.417. The number of ether oxygens (including phenoxy) is 2. The molecular formula is C20H22BrN3O4S. The Morgan fingerprint density at radius 3 is 2.34 bits per heavy atom. The minimum absolute atomic E-state index is 0.0511. The number of hydrogen-bond donors (Lipinski definition) is 3. The molecule has 0 aliphatic carbocycles. The van der Waals surface area contributed by atoms with Crippen LogP contribution in [-0.4, -0.2) is 30.1 Å². The number of carbonyl (C=O) groups excluding carboxylic acids is 2. The summed E-state index contributed by atoms with van der Waals surface area (Å²) in [4.78, 5) is 23.7. The molecule has 0 bridgehead atoms. The third-order valence-electron chi connectivity index (χ3n) is 3.72. The Kier molecular flexibility index (Phi) is 8.88. The number of thiocarbonyl (C=S) groups is 1. The van der Waals surface area contributed by atoms with Gasteiger partial charge in [-0.2, -0.15) is 0 Å². The summed E-state index contributed by atoms with van der Waals surface area (Å²) in [6, 6.07) is 13.0. The normalized spacial score (nSPS) is 10.0. The second kappa shape index (κ2) is 11.4. The predicted octanol–water partition coefficient (Wildman–Crippen LogP) is 2.80. The number of hydrazine groups is 1. The molecule has 0 aliphatic rings. The van der Waals surface area contributed by atoms with Gasteiger partial charge in [-0.1, -0.05) is 25.1 Å². The van der Waals surface area contributed by atoms with Crippen LogP contribution >= 0.6 is 28.1 Å². The lowest BCUT2D eigenvalue weighted by Gasteiger charge is -2.12. The van der Waals surface area contributed by atoms with Crippen molar-refractivity contribution in [2.75, 3.05) is 13.2 Å². The Balaban J connectivity index is 1.66. The SMILES string of the molecule is CCc1ccc(OCC(=O)NC(=S)NNC(=O)COc2ccc(C)cc2Br)cc1. The van der Waals surface area contributed by atoms with Crippen molar-refractivity contribution in [3.63, 3.8) is 0 Å². The van der Waals surface area contributed by atoms with Crippen LogP contribution in [0.3, 0.4) is 0 Å². The highest BCUT2D eigenvalue weighted by molar-refractivity contribution is 9.10. The molecule has 29 heavy (non-hydrogen) atoms. The van der Waals surface area contributed by atoms with Gasteiger partial charge >= 0.3 is 0 Å². The zero-order valence-electron chi connectivity index (χ0n) is 16.1. The number of rotatable bonds is 7. The Bertz CT molecular complexity index is 875. The summed E-state index contributed by atoms with van der Waals surface area (Å²) in [5.41, 5.74) is 7.04. The van der Waals surface area contributed by atoms with E-state index in [1.54, 1.807) is 18.2 Å². The largest absolute Gasteiger partial charge is 0.484 e. The number of amides is 2. The number of hydrogen-bond acceptors (Lipinski definition) is 5. The van der Waals surface area contributed by atoms with Gasteiger partial charge in [0, 0.05) is 0 Å². The zero-order valence-corrected chi connectivity index (χ0v) is 18.5. The molecule has 2 amide bonds. The molecule has 0 atom stereocenters. The van der Waals surface area contributed by atoms with Crippen LogP contribution in [0.15, 0.2) is 46.9 Å². The van der Waals surface area contributed by atoms with Gasteiger partial charge in [0.2, 0.25) is 0 Å². The van der Waals surface area contributed by atoms with Crippen molar-refractivity contribution in [1.29, 1.82) is 0 Å². The van der Waals surface area contributed by atoms with E-state index >= 15 is 0 Å². The lowest BCUT2D eigenvalue weighted by Crippen LogP contribution is -2.50. The number of nitrogens with one attached hydrogen (secondary N) is 3. The average molecular weight is 480 g/mol. The van der Waals surface area contributed by atoms with E-state index in [0.717, 1.165) is 16.5 Å². The van der Waals surface area contributed by atoms with E-state index in [0.29, 0.717) is 11.5 Å². The van der Waals surface area contributed by atoms with Crippen LogP contribution in [0.2, 0.25) is 0 Å². The average Bonchev–Trinajstić information content (AvgIpc) is 2.70. The van der Waals surface area contributed by atoms with Gasteiger partial charge in [0.15, 0.2) is 18.3 Å². The Labute approximate surface area is 183 Å². The topological polar surface area (TPSA) is 88.7 Å². The molecule has 0 aliphatic heterocycles. The monoisotopic (exact) mass is 479 g/mol. The highest BCUT2D eigenvalue weighted by Crippen LogP contribution is 2.25. The third kappa shape index (κ3) is 8.08. The van der Waals surface area contributed by atoms with Crippen molar-refractivity contribution in [1.82, 2.24) is 16.2 Å². The maximum absolute atomic E-state index is 11.9. The van der Waals surface area contributed by atoms with Crippen molar-refractivity contribution >= 4 is 45.1 Å². The summed E-state index contributed by atoms with van der Waals surface area (Å²) in [5.74, 6) is 0.229. The van der Waals surface area contributed by atoms with Gasteiger partial charge < -0.3 is 9.47 Å². The molecule has 9 heteroatoms. The van der Waals surface area contributed by atoms with Crippen molar-refractivity contribution in [3.05, 3.63) is 58.1 Å². The highest BCUT2D eigenvalue weighted by Gasteiger charge is 2.09. The molecule has 2 aromatic rings. The van der Waals surface area contributed by atoms with Gasteiger partial charge in [0.1, 0.15) is 11.5 Å². The lowest BCUT2D eigenvalue weighted by molar-refractivity contribution is -0.124. The van der Waals surface area contributed by atoms with Crippen LogP contribution in [-0.2, 0) is 16.0 Å². The first kappa shape index (κ1) is 22.6. The summed E-state index contributed by atoms with van der Waals surface area (Å²) < 4.78 is 11.6. The molecule has 3 N–H and O–H groups in total. The molecule has 2 aromatic carbocycles. The number of aryl methyl sites for hydroxylation is 2. The first-order valence-electron chi connectivity index (χ1n) is 8.86. The minimum atomic E-state index is -0.457. The van der Waals surface area contributed by atoms with Gasteiger partial charge in [-0.05, 0) is 76.9 Å². The number of carbonyl (C=O) groups is 2. The second-order valence-corrected chi connectivity index (χ2v) is 7.32. The van der Waals surface area contributed by atoms with Crippen molar-refractivity contribution < 1.29 is 19.1 Å². The van der Waals surface area contributed by atoms with Gasteiger partial charge in [0.05, 0.1) is 4.47 Å². The smallest absolute Gasteiger partial charge is 0.276 e. The van der Waals surface area contributed by atoms with Gasteiger partial charge in [-0.15, -0.1) is 0 Å². The fraction of sp³-hybridized carbons (Fsp3) is 0.250. The van der Waals surface area contributed by atoms with Crippen LogP contribution in [0.5, 0.6) is 11.5 Å². The fourth-order valence-corrected chi connectivity index (χ4v) is 2.97. The lowest BCUT2D eigenvalue weighted by atomic mass is 10.2. The summed E-state index contributed by atoms with van der Waals surface area (Å²) in [7, 11) is 0. The van der Waals surface area contributed by atoms with Crippen molar-refractivity contribution in [2.24, 2.45) is 0 Å². The van der Waals surface area contributed by atoms with Crippen molar-refractivity contribution in [2.45, 2.75) is 20.3 Å². The second-order valence-electron chi connectivity index (χ2n) is 6.06. The Morgan fingerprint density at radius 2 is 1.69 bits per heavy atom. The van der Waals surface area contributed by atoms with E-state index in [9.17, 15) is 9.59 Å². The van der Waals surface area contributed by atoms with E-state index in [1.807, 2.05) is 31.2 Å². The van der Waals surface area contributed by atoms with E-state index in [4.69, 9.17) is 21.7 Å². The fourth-order valence-electron chi connectivity index (χ4n) is 2.19. The molecule has 0 saturated carbocycles. The molecule has 0 heterocycles. The summed E-state index contributed by atoms with van der Waals surface area (Å²) in [6.45, 7) is 3.59. The number of halogens is 1. The van der Waals surface area contributed by atoms with Crippen molar-refractivity contribution in [3.8, 4) is 11.5 Å². The molecule has 0 unspecified atom stereocenters. The van der Waals surface area contributed by atoms with Gasteiger partial charge in [-0.3, -0.25) is 25.8 Å². The Morgan fingerprint density at radius 1 is 1.00 bits per heavy atom. The highest BCUT2D eigenvalue weighted by atomic mass is 79.9. The number of benzene rings is 2. The molecule has 7 nitrogen and oxygen atoms in total. The first-order chi connectivity index (χ1) is 13.9. The van der Waals surface area contributed by atoms with Crippen LogP contribution < -0.4 is 25.6 Å². The van der Waals surface area contributed by atoms with E-state index < -0.39 is 11.8 Å². The minimum Gasteiger partial charge on any atom is -0.484 e. The molecule has 0 radical (unpaired) electrons. The molecule has 0 fully saturated rings. The van der Waals surface area contributed by atoms with E-state index in [2.05, 4.69) is 39.0 Å². The summed E-state index contributed by atoms with van der Waals surface area (Å²) in [5, 5.41) is 2.36. The first-order valence-corrected chi connectivity index (χ1v) is 10.1. The molecule has 2 rings (SSSR count). The van der Waals surface area contributed by atoms with Crippen LogP contribution in [0.4, 0.5) is 0 Å². The molecule has 154 valence electrons. The van der Waals surface area contributed by atoms with Crippen LogP contribution in [0.25, 0.3) is 0 Å². The zero-order chi connectivity index (χ0) is 21.2. The van der Waals surface area contributed by atoms with Gasteiger partial charge in [0.25, 0.3) is 11.8 Å². The summed E-state index contributed by atoms with van der Waals surface area (Å²) in [6.07, 6.45) is 0.930. The predicted molar refractivity (Wildman–Crippen MR) is 118 cm³/mol. The molecular weight excluding hydrogens is 458 g/mol. The molecule has 0 saturated heterocycles.